The average molecular weight is 341 g/mol. The molecule has 0 heterocycles. The maximum Gasteiger partial charge on any atom is 0.131 e. The molecule has 1 heteroatoms. The van der Waals surface area contributed by atoms with Crippen molar-refractivity contribution in [2.45, 2.75) is 78.1 Å². The van der Waals surface area contributed by atoms with Crippen LogP contribution in [0.2, 0.25) is 0 Å². The van der Waals surface area contributed by atoms with Gasteiger partial charge in [0.2, 0.25) is 0 Å². The molecular formula is C24H33F. The van der Waals surface area contributed by atoms with Crippen molar-refractivity contribution in [1.29, 1.82) is 0 Å². The van der Waals surface area contributed by atoms with Gasteiger partial charge >= 0.3 is 0 Å². The van der Waals surface area contributed by atoms with Gasteiger partial charge in [0.15, 0.2) is 0 Å². The Morgan fingerprint density at radius 3 is 1.76 bits per heavy atom. The second-order valence-corrected chi connectivity index (χ2v) is 7.13. The first-order chi connectivity index (χ1) is 12.2. The van der Waals surface area contributed by atoms with E-state index in [1.54, 1.807) is 6.07 Å². The van der Waals surface area contributed by atoms with Gasteiger partial charge in [0.25, 0.3) is 0 Å². The van der Waals surface area contributed by atoms with E-state index in [0.29, 0.717) is 0 Å². The number of hydrogen-bond donors (Lipinski definition) is 0. The Bertz CT molecular complexity index is 612. The molecule has 0 bridgehead atoms. The summed E-state index contributed by atoms with van der Waals surface area (Å²) in [6.07, 6.45) is 12.1. The topological polar surface area (TPSA) is 0 Å². The van der Waals surface area contributed by atoms with E-state index in [0.717, 1.165) is 36.0 Å². The molecule has 0 aliphatic carbocycles. The normalized spacial score (nSPS) is 11.0. The summed E-state index contributed by atoms with van der Waals surface area (Å²) in [6.45, 7) is 4.45. The molecule has 2 aromatic rings. The molecule has 0 atom stereocenters. The van der Waals surface area contributed by atoms with Crippen molar-refractivity contribution >= 4 is 0 Å². The summed E-state index contributed by atoms with van der Waals surface area (Å²) in [5.74, 6) is -0.0938. The Kier molecular flexibility index (Phi) is 8.72. The van der Waals surface area contributed by atoms with Gasteiger partial charge in [-0.25, -0.2) is 4.39 Å². The molecule has 0 aromatic heterocycles. The van der Waals surface area contributed by atoms with Gasteiger partial charge in [-0.05, 0) is 48.4 Å². The van der Waals surface area contributed by atoms with Crippen molar-refractivity contribution in [2.24, 2.45) is 0 Å². The zero-order valence-electron chi connectivity index (χ0n) is 16.0. The maximum atomic E-state index is 14.5. The van der Waals surface area contributed by atoms with Crippen LogP contribution in [0.15, 0.2) is 42.5 Å². The van der Waals surface area contributed by atoms with Crippen LogP contribution in [0, 0.1) is 5.82 Å². The molecule has 25 heavy (non-hydrogen) atoms. The van der Waals surface area contributed by atoms with Crippen LogP contribution in [0.1, 0.15) is 76.3 Å². The lowest BCUT2D eigenvalue weighted by molar-refractivity contribution is 0.624. The zero-order chi connectivity index (χ0) is 17.9. The third kappa shape index (κ3) is 6.65. The lowest BCUT2D eigenvalue weighted by Gasteiger charge is -2.08. The number of unbranched alkanes of at least 4 members (excludes halogenated alkanes) is 6. The summed E-state index contributed by atoms with van der Waals surface area (Å²) in [4.78, 5) is 0. The van der Waals surface area contributed by atoms with Crippen LogP contribution in [-0.4, -0.2) is 0 Å². The Morgan fingerprint density at radius 2 is 1.20 bits per heavy atom. The van der Waals surface area contributed by atoms with Crippen LogP contribution >= 0.6 is 0 Å². The van der Waals surface area contributed by atoms with Gasteiger partial charge in [-0.1, -0.05) is 88.8 Å². The third-order valence-electron chi connectivity index (χ3n) is 4.94. The van der Waals surface area contributed by atoms with Crippen LogP contribution in [-0.2, 0) is 12.8 Å². The minimum atomic E-state index is -0.0938. The van der Waals surface area contributed by atoms with Crippen LogP contribution in [0.25, 0.3) is 11.1 Å². The van der Waals surface area contributed by atoms with Crippen LogP contribution < -0.4 is 0 Å². The van der Waals surface area contributed by atoms with Gasteiger partial charge in [0, 0.05) is 5.56 Å². The molecule has 0 radical (unpaired) electrons. The second-order valence-electron chi connectivity index (χ2n) is 7.13. The zero-order valence-corrected chi connectivity index (χ0v) is 16.0. The molecule has 0 saturated carbocycles. The summed E-state index contributed by atoms with van der Waals surface area (Å²) < 4.78 is 14.5. The standard InChI is InChI=1S/C24H33F/c1-3-5-7-9-11-20-13-16-22(17-14-20)23-18-15-21(19-24(23)25)12-10-8-6-4-2/h13-19H,3-12H2,1-2H3. The van der Waals surface area contributed by atoms with E-state index in [-0.39, 0.29) is 5.82 Å². The fourth-order valence-electron chi connectivity index (χ4n) is 3.31. The average Bonchev–Trinajstić information content (AvgIpc) is 2.63. The highest BCUT2D eigenvalue weighted by Crippen LogP contribution is 2.25. The molecule has 0 aliphatic rings. The highest BCUT2D eigenvalue weighted by molar-refractivity contribution is 5.64. The molecule has 0 N–H and O–H groups in total. The van der Waals surface area contributed by atoms with Gasteiger partial charge in [-0.3, -0.25) is 0 Å². The van der Waals surface area contributed by atoms with Crippen molar-refractivity contribution in [3.63, 3.8) is 0 Å². The Morgan fingerprint density at radius 1 is 0.640 bits per heavy atom. The molecule has 2 aromatic carbocycles. The second kappa shape index (κ2) is 11.1. The maximum absolute atomic E-state index is 14.5. The molecule has 0 nitrogen and oxygen atoms in total. The minimum Gasteiger partial charge on any atom is -0.206 e. The number of rotatable bonds is 11. The van der Waals surface area contributed by atoms with Gasteiger partial charge in [0.05, 0.1) is 0 Å². The summed E-state index contributed by atoms with van der Waals surface area (Å²) in [6, 6.07) is 14.2. The Balaban J connectivity index is 1.94. The number of halogens is 1. The molecule has 136 valence electrons. The van der Waals surface area contributed by atoms with Gasteiger partial charge in [0.1, 0.15) is 5.82 Å². The Hall–Kier alpha value is -1.63. The predicted octanol–water partition coefficient (Wildman–Crippen LogP) is 7.74. The summed E-state index contributed by atoms with van der Waals surface area (Å²) in [7, 11) is 0. The lowest BCUT2D eigenvalue weighted by atomic mass is 9.98. The highest BCUT2D eigenvalue weighted by atomic mass is 19.1. The Labute approximate surface area is 153 Å². The van der Waals surface area contributed by atoms with E-state index >= 15 is 0 Å². The van der Waals surface area contributed by atoms with Crippen LogP contribution in [0.5, 0.6) is 0 Å². The predicted molar refractivity (Wildman–Crippen MR) is 108 cm³/mol. The highest BCUT2D eigenvalue weighted by Gasteiger charge is 2.06. The molecular weight excluding hydrogens is 307 g/mol. The summed E-state index contributed by atoms with van der Waals surface area (Å²) in [5, 5.41) is 0. The molecule has 0 unspecified atom stereocenters. The van der Waals surface area contributed by atoms with Crippen LogP contribution in [0.3, 0.4) is 0 Å². The summed E-state index contributed by atoms with van der Waals surface area (Å²) in [5.41, 5.74) is 4.17. The lowest BCUT2D eigenvalue weighted by Crippen LogP contribution is -1.91. The first-order valence-corrected chi connectivity index (χ1v) is 10.1. The smallest absolute Gasteiger partial charge is 0.131 e. The number of aryl methyl sites for hydroxylation is 2. The first kappa shape index (κ1) is 19.7. The van der Waals surface area contributed by atoms with E-state index < -0.39 is 0 Å². The van der Waals surface area contributed by atoms with E-state index in [4.69, 9.17) is 0 Å². The molecule has 0 saturated heterocycles. The fourth-order valence-corrected chi connectivity index (χ4v) is 3.31. The van der Waals surface area contributed by atoms with Crippen molar-refractivity contribution in [3.8, 4) is 11.1 Å². The minimum absolute atomic E-state index is 0.0938. The fraction of sp³-hybridized carbons (Fsp3) is 0.500. The molecule has 0 spiro atoms. The molecule has 0 fully saturated rings. The number of benzene rings is 2. The van der Waals surface area contributed by atoms with E-state index in [1.807, 2.05) is 6.07 Å². The van der Waals surface area contributed by atoms with Crippen molar-refractivity contribution < 1.29 is 4.39 Å². The van der Waals surface area contributed by atoms with Crippen molar-refractivity contribution in [2.75, 3.05) is 0 Å². The van der Waals surface area contributed by atoms with E-state index in [1.165, 1.54) is 50.5 Å². The van der Waals surface area contributed by atoms with Crippen molar-refractivity contribution in [1.82, 2.24) is 0 Å². The van der Waals surface area contributed by atoms with Crippen LogP contribution in [0.4, 0.5) is 4.39 Å². The van der Waals surface area contributed by atoms with Gasteiger partial charge in [-0.15, -0.1) is 0 Å². The van der Waals surface area contributed by atoms with E-state index in [2.05, 4.69) is 44.2 Å². The third-order valence-corrected chi connectivity index (χ3v) is 4.94. The monoisotopic (exact) mass is 340 g/mol. The quantitative estimate of drug-likeness (QED) is 0.367. The summed E-state index contributed by atoms with van der Waals surface area (Å²) >= 11 is 0. The van der Waals surface area contributed by atoms with E-state index in [9.17, 15) is 4.39 Å². The number of hydrogen-bond acceptors (Lipinski definition) is 0. The largest absolute Gasteiger partial charge is 0.206 e. The SMILES string of the molecule is CCCCCCc1ccc(-c2ccc(CCCCCC)cc2F)cc1. The molecule has 0 amide bonds. The molecule has 2 rings (SSSR count). The first-order valence-electron chi connectivity index (χ1n) is 10.1. The molecule has 0 aliphatic heterocycles. The van der Waals surface area contributed by atoms with Gasteiger partial charge in [-0.2, -0.15) is 0 Å². The van der Waals surface area contributed by atoms with Crippen molar-refractivity contribution in [3.05, 3.63) is 59.4 Å². The van der Waals surface area contributed by atoms with Gasteiger partial charge < -0.3 is 0 Å².